The first-order valence-electron chi connectivity index (χ1n) is 9.28. The van der Waals surface area contributed by atoms with Crippen LogP contribution in [0.15, 0.2) is 79.1 Å². The molecule has 0 aliphatic heterocycles. The van der Waals surface area contributed by atoms with Crippen LogP contribution < -0.4 is 10.2 Å². The Labute approximate surface area is 228 Å². The fourth-order valence-electron chi connectivity index (χ4n) is 2.93. The summed E-state index contributed by atoms with van der Waals surface area (Å²) in [5.74, 6) is 0.590. The van der Waals surface area contributed by atoms with Crippen molar-refractivity contribution in [3.63, 3.8) is 0 Å². The molecule has 4 rings (SSSR count). The lowest BCUT2D eigenvalue weighted by Crippen LogP contribution is -2.16. The van der Waals surface area contributed by atoms with Gasteiger partial charge in [-0.05, 0) is 103 Å². The van der Waals surface area contributed by atoms with E-state index in [-0.39, 0.29) is 5.76 Å². The van der Waals surface area contributed by atoms with Crippen LogP contribution in [0.5, 0.6) is 5.75 Å². The summed E-state index contributed by atoms with van der Waals surface area (Å²) >= 11 is 11.4. The molecule has 0 spiro atoms. The second-order valence-corrected chi connectivity index (χ2v) is 10.8. The molecule has 0 unspecified atom stereocenters. The molecule has 0 bridgehead atoms. The number of nitrogens with zero attached hydrogens (tertiary/aromatic N) is 1. The van der Waals surface area contributed by atoms with E-state index in [0.29, 0.717) is 12.2 Å². The summed E-state index contributed by atoms with van der Waals surface area (Å²) in [5, 5.41) is 4.90. The van der Waals surface area contributed by atoms with Crippen molar-refractivity contribution in [3.8, 4) is 5.75 Å². The maximum absolute atomic E-state index is 12.4. The monoisotopic (exact) mass is 778 g/mol. The Morgan fingerprint density at radius 1 is 1.06 bits per heavy atom. The Hall–Kier alpha value is -1.44. The zero-order valence-corrected chi connectivity index (χ0v) is 23.7. The molecule has 0 saturated carbocycles. The Kier molecular flexibility index (Phi) is 7.90. The van der Waals surface area contributed by atoms with E-state index in [9.17, 15) is 4.79 Å². The highest BCUT2D eigenvalue weighted by atomic mass is 127. The Balaban J connectivity index is 1.43. The van der Waals surface area contributed by atoms with Crippen LogP contribution in [0.25, 0.3) is 11.0 Å². The summed E-state index contributed by atoms with van der Waals surface area (Å²) in [5.41, 5.74) is 5.08. The molecule has 1 N–H and O–H groups in total. The minimum atomic E-state index is -0.423. The number of halogens is 4. The van der Waals surface area contributed by atoms with Crippen LogP contribution in [0.1, 0.15) is 21.7 Å². The molecule has 32 heavy (non-hydrogen) atoms. The minimum absolute atomic E-state index is 0.185. The van der Waals surface area contributed by atoms with Gasteiger partial charge in [0.05, 0.1) is 17.8 Å². The first kappa shape index (κ1) is 23.7. The highest BCUT2D eigenvalue weighted by Crippen LogP contribution is 2.31. The van der Waals surface area contributed by atoms with E-state index in [0.717, 1.165) is 38.3 Å². The van der Waals surface area contributed by atoms with Crippen LogP contribution in [0.2, 0.25) is 0 Å². The largest absolute Gasteiger partial charge is 0.487 e. The van der Waals surface area contributed by atoms with Gasteiger partial charge in [0.2, 0.25) is 0 Å². The van der Waals surface area contributed by atoms with Gasteiger partial charge in [0, 0.05) is 9.86 Å². The van der Waals surface area contributed by atoms with E-state index in [2.05, 4.69) is 87.6 Å². The molecule has 5 nitrogen and oxygen atoms in total. The summed E-state index contributed by atoms with van der Waals surface area (Å²) in [6.07, 6.45) is 1.60. The first-order valence-corrected chi connectivity index (χ1v) is 13.0. The second-order valence-electron chi connectivity index (χ2n) is 6.70. The van der Waals surface area contributed by atoms with Crippen molar-refractivity contribution in [3.05, 3.63) is 93.6 Å². The van der Waals surface area contributed by atoms with Gasteiger partial charge in [-0.25, -0.2) is 5.43 Å². The van der Waals surface area contributed by atoms with E-state index in [4.69, 9.17) is 9.15 Å². The maximum atomic E-state index is 12.4. The van der Waals surface area contributed by atoms with Gasteiger partial charge in [-0.3, -0.25) is 4.79 Å². The average molecular weight is 780 g/mol. The highest BCUT2D eigenvalue weighted by molar-refractivity contribution is 14.1. The maximum Gasteiger partial charge on any atom is 0.307 e. The molecule has 1 aromatic heterocycles. The molecule has 0 radical (unpaired) electrons. The van der Waals surface area contributed by atoms with Crippen LogP contribution in [-0.2, 0) is 6.61 Å². The van der Waals surface area contributed by atoms with Gasteiger partial charge in [0.15, 0.2) is 5.76 Å². The van der Waals surface area contributed by atoms with Gasteiger partial charge in [-0.2, -0.15) is 5.10 Å². The number of amides is 1. The van der Waals surface area contributed by atoms with E-state index in [1.54, 1.807) is 12.3 Å². The van der Waals surface area contributed by atoms with Gasteiger partial charge >= 0.3 is 5.91 Å². The van der Waals surface area contributed by atoms with E-state index >= 15 is 0 Å². The van der Waals surface area contributed by atoms with E-state index in [1.807, 2.05) is 54.6 Å². The molecule has 1 heterocycles. The van der Waals surface area contributed by atoms with Crippen LogP contribution in [0, 0.1) is 7.14 Å². The molecule has 162 valence electrons. The van der Waals surface area contributed by atoms with Gasteiger partial charge in [-0.1, -0.05) is 46.3 Å². The first-order chi connectivity index (χ1) is 15.4. The van der Waals surface area contributed by atoms with Crippen LogP contribution in [0.3, 0.4) is 0 Å². The number of carbonyl (C=O) groups excluding carboxylic acids is 1. The number of hydrogen-bond donors (Lipinski definition) is 1. The third-order valence-corrected chi connectivity index (χ3v) is 7.04. The van der Waals surface area contributed by atoms with Crippen molar-refractivity contribution in [2.24, 2.45) is 5.10 Å². The van der Waals surface area contributed by atoms with Crippen molar-refractivity contribution in [2.45, 2.75) is 6.61 Å². The number of hydrogen-bond acceptors (Lipinski definition) is 4. The molecular weight excluding hydrogens is 766 g/mol. The summed E-state index contributed by atoms with van der Waals surface area (Å²) in [4.78, 5) is 12.4. The molecule has 0 fully saturated rings. The number of nitrogens with one attached hydrogen (secondary N) is 1. The molecule has 0 aliphatic rings. The number of carbonyl (C=O) groups is 1. The van der Waals surface area contributed by atoms with Crippen LogP contribution >= 0.6 is 77.0 Å². The predicted molar refractivity (Wildman–Crippen MR) is 149 cm³/mol. The standard InChI is InChI=1S/C23H14Br2I2N2O3/c24-16-8-15-9-20(32-21(15)17(25)10-16)23(30)29-28-11-14-6-18(26)22(19(27)7-14)31-12-13-4-2-1-3-5-13/h1-11H,12H2,(H,29,30)/b28-11-. The number of furan rings is 1. The lowest BCUT2D eigenvalue weighted by atomic mass is 10.2. The quantitative estimate of drug-likeness (QED) is 0.125. The lowest BCUT2D eigenvalue weighted by molar-refractivity contribution is 0.0929. The molecule has 1 amide bonds. The molecule has 0 aliphatic carbocycles. The third kappa shape index (κ3) is 5.72. The van der Waals surface area contributed by atoms with Gasteiger partial charge in [-0.15, -0.1) is 0 Å². The summed E-state index contributed by atoms with van der Waals surface area (Å²) < 4.78 is 15.3. The average Bonchev–Trinajstić information content (AvgIpc) is 3.18. The second kappa shape index (κ2) is 10.7. The normalized spacial score (nSPS) is 11.2. The van der Waals surface area contributed by atoms with Gasteiger partial charge < -0.3 is 9.15 Å². The smallest absolute Gasteiger partial charge is 0.307 e. The molecule has 3 aromatic carbocycles. The SMILES string of the molecule is O=C(N/N=C\c1cc(I)c(OCc2ccccc2)c(I)c1)c1cc2cc(Br)cc(Br)c2o1. The summed E-state index contributed by atoms with van der Waals surface area (Å²) in [6, 6.07) is 19.4. The zero-order valence-electron chi connectivity index (χ0n) is 16.2. The fourth-order valence-corrected chi connectivity index (χ4v) is 6.40. The Morgan fingerprint density at radius 2 is 1.78 bits per heavy atom. The Morgan fingerprint density at radius 3 is 2.50 bits per heavy atom. The number of rotatable bonds is 6. The van der Waals surface area contributed by atoms with Gasteiger partial charge in [0.1, 0.15) is 17.9 Å². The van der Waals surface area contributed by atoms with Crippen molar-refractivity contribution >= 4 is 100 Å². The molecular formula is C23H14Br2I2N2O3. The number of benzene rings is 3. The van der Waals surface area contributed by atoms with Crippen molar-refractivity contribution in [1.29, 1.82) is 0 Å². The van der Waals surface area contributed by atoms with Crippen LogP contribution in [-0.4, -0.2) is 12.1 Å². The Bertz CT molecular complexity index is 1300. The van der Waals surface area contributed by atoms with Crippen LogP contribution in [0.4, 0.5) is 0 Å². The van der Waals surface area contributed by atoms with Crippen molar-refractivity contribution in [2.75, 3.05) is 0 Å². The summed E-state index contributed by atoms with van der Waals surface area (Å²) in [6.45, 7) is 0.501. The lowest BCUT2D eigenvalue weighted by Gasteiger charge is -2.11. The van der Waals surface area contributed by atoms with E-state index < -0.39 is 5.91 Å². The van der Waals surface area contributed by atoms with Crippen molar-refractivity contribution < 1.29 is 13.9 Å². The molecule has 0 saturated heterocycles. The molecule has 9 heteroatoms. The molecule has 4 aromatic rings. The number of fused-ring (bicyclic) bond motifs is 1. The number of hydrazone groups is 1. The molecule has 0 atom stereocenters. The zero-order chi connectivity index (χ0) is 22.7. The predicted octanol–water partition coefficient (Wildman–Crippen LogP) is 7.51. The topological polar surface area (TPSA) is 63.8 Å². The van der Waals surface area contributed by atoms with Gasteiger partial charge in [0.25, 0.3) is 0 Å². The fraction of sp³-hybridized carbons (Fsp3) is 0.0435. The van der Waals surface area contributed by atoms with Crippen molar-refractivity contribution in [1.82, 2.24) is 5.43 Å². The highest BCUT2D eigenvalue weighted by Gasteiger charge is 2.14. The number of ether oxygens (including phenoxy) is 1. The minimum Gasteiger partial charge on any atom is -0.487 e. The third-order valence-electron chi connectivity index (χ3n) is 4.39. The summed E-state index contributed by atoms with van der Waals surface area (Å²) in [7, 11) is 0. The van der Waals surface area contributed by atoms with E-state index in [1.165, 1.54) is 0 Å².